The monoisotopic (exact) mass is 347 g/mol. The first-order valence-corrected chi connectivity index (χ1v) is 8.97. The van der Waals surface area contributed by atoms with Crippen molar-refractivity contribution in [2.75, 3.05) is 20.2 Å². The van der Waals surface area contributed by atoms with Crippen molar-refractivity contribution in [3.05, 3.63) is 96.0 Å². The van der Waals surface area contributed by atoms with Crippen LogP contribution in [0.3, 0.4) is 0 Å². The van der Waals surface area contributed by atoms with E-state index in [1.165, 1.54) is 5.56 Å². The zero-order chi connectivity index (χ0) is 18.0. The summed E-state index contributed by atoms with van der Waals surface area (Å²) in [6.45, 7) is 1.73. The van der Waals surface area contributed by atoms with Gasteiger partial charge >= 0.3 is 0 Å². The van der Waals surface area contributed by atoms with E-state index in [1.54, 1.807) is 13.4 Å². The summed E-state index contributed by atoms with van der Waals surface area (Å²) in [5, 5.41) is 3.49. The Hall–Kier alpha value is -2.78. The average molecular weight is 347 g/mol. The molecule has 1 aromatic heterocycles. The number of rotatable bonds is 9. The second-order valence-corrected chi connectivity index (χ2v) is 6.12. The number of ether oxygens (including phenoxy) is 1. The number of hydrogen-bond acceptors (Lipinski definition) is 3. The van der Waals surface area contributed by atoms with Crippen LogP contribution in [0.1, 0.15) is 29.2 Å². The lowest BCUT2D eigenvalue weighted by Gasteiger charge is -2.18. The molecule has 0 unspecified atom stereocenters. The van der Waals surface area contributed by atoms with E-state index in [-0.39, 0.29) is 5.92 Å². The average Bonchev–Trinajstić information content (AvgIpc) is 3.23. The Morgan fingerprint density at radius 3 is 2.58 bits per heavy atom. The normalized spacial score (nSPS) is 12.3. The van der Waals surface area contributed by atoms with Gasteiger partial charge in [-0.25, -0.2) is 0 Å². The number of para-hydroxylation sites is 1. The van der Waals surface area contributed by atoms with Crippen molar-refractivity contribution in [3.8, 4) is 5.75 Å². The summed E-state index contributed by atoms with van der Waals surface area (Å²) in [4.78, 5) is 0. The zero-order valence-electron chi connectivity index (χ0n) is 15.1. The number of methoxy groups -OCH3 is 1. The molecule has 0 aliphatic heterocycles. The number of benzene rings is 2. The number of hydrogen-bond donors (Lipinski definition) is 1. The lowest BCUT2D eigenvalue weighted by Crippen LogP contribution is -2.18. The van der Waals surface area contributed by atoms with Gasteiger partial charge in [0.15, 0.2) is 0 Å². The molecule has 134 valence electrons. The topological polar surface area (TPSA) is 34.4 Å². The van der Waals surface area contributed by atoms with Gasteiger partial charge in [-0.15, -0.1) is 0 Å². The second-order valence-electron chi connectivity index (χ2n) is 6.12. The van der Waals surface area contributed by atoms with Crippen LogP contribution in [-0.4, -0.2) is 20.2 Å². The fourth-order valence-electron chi connectivity index (χ4n) is 3.09. The van der Waals surface area contributed by atoms with Crippen molar-refractivity contribution in [1.29, 1.82) is 0 Å². The van der Waals surface area contributed by atoms with Gasteiger partial charge in [-0.3, -0.25) is 0 Å². The van der Waals surface area contributed by atoms with E-state index in [1.807, 2.05) is 48.5 Å². The van der Waals surface area contributed by atoms with Gasteiger partial charge in [0.2, 0.25) is 0 Å². The predicted octanol–water partition coefficient (Wildman–Crippen LogP) is 5.11. The fourth-order valence-corrected chi connectivity index (χ4v) is 3.09. The summed E-state index contributed by atoms with van der Waals surface area (Å²) >= 11 is 0. The van der Waals surface area contributed by atoms with Gasteiger partial charge in [0.25, 0.3) is 0 Å². The third-order valence-corrected chi connectivity index (χ3v) is 4.38. The molecule has 3 rings (SSSR count). The van der Waals surface area contributed by atoms with Gasteiger partial charge in [0.05, 0.1) is 13.4 Å². The molecule has 1 atom stereocenters. The third kappa shape index (κ3) is 4.87. The molecule has 0 aliphatic rings. The van der Waals surface area contributed by atoms with Gasteiger partial charge in [-0.2, -0.15) is 0 Å². The molecule has 1 heterocycles. The largest absolute Gasteiger partial charge is 0.496 e. The molecule has 26 heavy (non-hydrogen) atoms. The molecule has 0 bridgehead atoms. The van der Waals surface area contributed by atoms with Crippen LogP contribution in [0.25, 0.3) is 6.08 Å². The minimum absolute atomic E-state index is 0.173. The van der Waals surface area contributed by atoms with Crippen LogP contribution in [0.5, 0.6) is 5.75 Å². The van der Waals surface area contributed by atoms with E-state index >= 15 is 0 Å². The summed E-state index contributed by atoms with van der Waals surface area (Å²) < 4.78 is 11.2. The summed E-state index contributed by atoms with van der Waals surface area (Å²) in [6, 6.07) is 22.5. The van der Waals surface area contributed by atoms with E-state index in [9.17, 15) is 0 Å². The highest BCUT2D eigenvalue weighted by atomic mass is 16.5. The minimum Gasteiger partial charge on any atom is -0.496 e. The first-order valence-electron chi connectivity index (χ1n) is 8.97. The zero-order valence-corrected chi connectivity index (χ0v) is 15.1. The van der Waals surface area contributed by atoms with E-state index in [0.717, 1.165) is 36.6 Å². The molecule has 3 heteroatoms. The van der Waals surface area contributed by atoms with Crippen LogP contribution in [0, 0.1) is 0 Å². The highest BCUT2D eigenvalue weighted by Gasteiger charge is 2.20. The Kier molecular flexibility index (Phi) is 6.68. The molecule has 0 amide bonds. The van der Waals surface area contributed by atoms with E-state index < -0.39 is 0 Å². The summed E-state index contributed by atoms with van der Waals surface area (Å²) in [7, 11) is 1.71. The van der Waals surface area contributed by atoms with E-state index in [2.05, 4.69) is 35.7 Å². The van der Waals surface area contributed by atoms with Gasteiger partial charge in [-0.05, 0) is 36.7 Å². The SMILES string of the molecule is COc1ccccc1[C@H](CCNCC=Cc1ccccc1)c1ccco1. The van der Waals surface area contributed by atoms with Crippen LogP contribution in [0.15, 0.2) is 83.5 Å². The molecule has 1 N–H and O–H groups in total. The number of nitrogens with one attached hydrogen (secondary N) is 1. The van der Waals surface area contributed by atoms with Crippen molar-refractivity contribution in [3.63, 3.8) is 0 Å². The van der Waals surface area contributed by atoms with Gasteiger partial charge < -0.3 is 14.5 Å². The molecule has 0 saturated carbocycles. The van der Waals surface area contributed by atoms with Crippen molar-refractivity contribution < 1.29 is 9.15 Å². The quantitative estimate of drug-likeness (QED) is 0.546. The molecule has 3 aromatic rings. The molecular weight excluding hydrogens is 322 g/mol. The van der Waals surface area contributed by atoms with E-state index in [0.29, 0.717) is 0 Å². The van der Waals surface area contributed by atoms with Crippen LogP contribution in [0.4, 0.5) is 0 Å². The van der Waals surface area contributed by atoms with Crippen LogP contribution < -0.4 is 10.1 Å². The van der Waals surface area contributed by atoms with Crippen molar-refractivity contribution >= 4 is 6.08 Å². The molecule has 0 fully saturated rings. The Morgan fingerprint density at radius 1 is 1.00 bits per heavy atom. The molecule has 0 saturated heterocycles. The van der Waals surface area contributed by atoms with Gasteiger partial charge in [-0.1, -0.05) is 60.7 Å². The fraction of sp³-hybridized carbons (Fsp3) is 0.217. The summed E-state index contributed by atoms with van der Waals surface area (Å²) in [5.41, 5.74) is 2.38. The first kappa shape index (κ1) is 18.0. The van der Waals surface area contributed by atoms with Crippen molar-refractivity contribution in [1.82, 2.24) is 5.32 Å². The maximum atomic E-state index is 5.69. The maximum Gasteiger partial charge on any atom is 0.122 e. The highest BCUT2D eigenvalue weighted by Crippen LogP contribution is 2.34. The molecule has 3 nitrogen and oxygen atoms in total. The minimum atomic E-state index is 0.173. The summed E-state index contributed by atoms with van der Waals surface area (Å²) in [5.74, 6) is 2.04. The lowest BCUT2D eigenvalue weighted by atomic mass is 9.92. The third-order valence-electron chi connectivity index (χ3n) is 4.38. The molecule has 0 spiro atoms. The highest BCUT2D eigenvalue weighted by molar-refractivity contribution is 5.48. The van der Waals surface area contributed by atoms with Crippen molar-refractivity contribution in [2.24, 2.45) is 0 Å². The van der Waals surface area contributed by atoms with Crippen molar-refractivity contribution in [2.45, 2.75) is 12.3 Å². The van der Waals surface area contributed by atoms with Crippen LogP contribution in [0.2, 0.25) is 0 Å². The molecular formula is C23H25NO2. The Bertz CT molecular complexity index is 794. The lowest BCUT2D eigenvalue weighted by molar-refractivity contribution is 0.399. The Morgan fingerprint density at radius 2 is 1.81 bits per heavy atom. The standard InChI is InChI=1S/C23H25NO2/c1-25-22-13-6-5-12-20(22)21(23-14-8-18-26-23)15-17-24-16-7-11-19-9-3-2-4-10-19/h2-14,18,21,24H,15-17H2,1H3/t21-/m0/s1. The maximum absolute atomic E-state index is 5.69. The molecule has 0 radical (unpaired) electrons. The molecule has 2 aromatic carbocycles. The Labute approximate surface area is 155 Å². The van der Waals surface area contributed by atoms with Crippen LogP contribution in [-0.2, 0) is 0 Å². The predicted molar refractivity (Wildman–Crippen MR) is 107 cm³/mol. The second kappa shape index (κ2) is 9.64. The summed E-state index contributed by atoms with van der Waals surface area (Å²) in [6.07, 6.45) is 6.96. The first-order chi connectivity index (χ1) is 12.9. The van der Waals surface area contributed by atoms with Crippen LogP contribution >= 0.6 is 0 Å². The number of furan rings is 1. The van der Waals surface area contributed by atoms with Gasteiger partial charge in [0.1, 0.15) is 11.5 Å². The smallest absolute Gasteiger partial charge is 0.122 e. The van der Waals surface area contributed by atoms with E-state index in [4.69, 9.17) is 9.15 Å². The Balaban J connectivity index is 1.58. The van der Waals surface area contributed by atoms with Gasteiger partial charge in [0, 0.05) is 18.0 Å². The molecule has 0 aliphatic carbocycles.